The van der Waals surface area contributed by atoms with Crippen LogP contribution in [0.1, 0.15) is 43.2 Å². The molecule has 5 nitrogen and oxygen atoms in total. The third kappa shape index (κ3) is 6.38. The maximum Gasteiger partial charge on any atom is 0.416 e. The number of amides is 2. The highest BCUT2D eigenvalue weighted by atomic mass is 35.5. The van der Waals surface area contributed by atoms with Gasteiger partial charge in [-0.05, 0) is 30.4 Å². The van der Waals surface area contributed by atoms with Crippen molar-refractivity contribution >= 4 is 24.2 Å². The zero-order valence-corrected chi connectivity index (χ0v) is 16.6. The maximum atomic E-state index is 13.2. The van der Waals surface area contributed by atoms with E-state index in [2.05, 4.69) is 5.32 Å². The second-order valence-corrected chi connectivity index (χ2v) is 6.95. The highest BCUT2D eigenvalue weighted by molar-refractivity contribution is 5.85. The standard InChI is InChI=1S/C19H26F3N3O2.ClH/c1-13(15-6-2-3-7-16(15)19(20,21)22)11-17(26)25-10-4-5-14(12-25)18(27)24-9-8-23;/h2-3,6-7,13-14H,4-5,8-12,23H2,1H3,(H,24,27);1H. The summed E-state index contributed by atoms with van der Waals surface area (Å²) in [6.07, 6.45) is -3.10. The molecule has 1 saturated heterocycles. The van der Waals surface area contributed by atoms with Crippen molar-refractivity contribution < 1.29 is 22.8 Å². The minimum atomic E-state index is -4.45. The van der Waals surface area contributed by atoms with Gasteiger partial charge in [0.1, 0.15) is 0 Å². The molecular formula is C19H27ClF3N3O2. The number of benzene rings is 1. The Kier molecular flexibility index (Phi) is 9.23. The van der Waals surface area contributed by atoms with Gasteiger partial charge in [0, 0.05) is 32.6 Å². The van der Waals surface area contributed by atoms with E-state index >= 15 is 0 Å². The average molecular weight is 422 g/mol. The van der Waals surface area contributed by atoms with Gasteiger partial charge in [-0.25, -0.2) is 0 Å². The third-order valence-corrected chi connectivity index (χ3v) is 4.87. The molecule has 1 aliphatic heterocycles. The number of piperidine rings is 1. The number of hydrogen-bond donors (Lipinski definition) is 2. The van der Waals surface area contributed by atoms with E-state index in [1.54, 1.807) is 17.9 Å². The predicted octanol–water partition coefficient (Wildman–Crippen LogP) is 2.93. The largest absolute Gasteiger partial charge is 0.416 e. The number of halogens is 4. The second-order valence-electron chi connectivity index (χ2n) is 6.95. The first-order chi connectivity index (χ1) is 12.7. The lowest BCUT2D eigenvalue weighted by atomic mass is 9.91. The monoisotopic (exact) mass is 421 g/mol. The molecule has 2 rings (SSSR count). The lowest BCUT2D eigenvalue weighted by Crippen LogP contribution is -2.46. The minimum absolute atomic E-state index is 0. The lowest BCUT2D eigenvalue weighted by Gasteiger charge is -2.33. The molecule has 1 aromatic carbocycles. The molecule has 0 aliphatic carbocycles. The average Bonchev–Trinajstić information content (AvgIpc) is 2.65. The first-order valence-electron chi connectivity index (χ1n) is 9.15. The fourth-order valence-electron chi connectivity index (χ4n) is 3.44. The number of carbonyl (C=O) groups is 2. The number of rotatable bonds is 6. The highest BCUT2D eigenvalue weighted by Gasteiger charge is 2.35. The zero-order chi connectivity index (χ0) is 20.0. The molecule has 1 aromatic rings. The Bertz CT molecular complexity index is 670. The Morgan fingerprint density at radius 2 is 2.00 bits per heavy atom. The molecule has 1 fully saturated rings. The van der Waals surface area contributed by atoms with Crippen LogP contribution in [-0.4, -0.2) is 42.9 Å². The number of nitrogens with zero attached hydrogens (tertiary/aromatic N) is 1. The van der Waals surface area contributed by atoms with Crippen LogP contribution in [-0.2, 0) is 15.8 Å². The van der Waals surface area contributed by atoms with Crippen LogP contribution in [0.2, 0.25) is 0 Å². The van der Waals surface area contributed by atoms with Crippen LogP contribution in [0.15, 0.2) is 24.3 Å². The molecule has 2 amide bonds. The third-order valence-electron chi connectivity index (χ3n) is 4.87. The number of hydrogen-bond acceptors (Lipinski definition) is 3. The molecule has 0 saturated carbocycles. The summed E-state index contributed by atoms with van der Waals surface area (Å²) in [5.74, 6) is -1.22. The molecule has 0 aromatic heterocycles. The summed E-state index contributed by atoms with van der Waals surface area (Å²) in [6.45, 7) is 3.17. The van der Waals surface area contributed by atoms with Gasteiger partial charge in [-0.1, -0.05) is 25.1 Å². The normalized spacial score (nSPS) is 18.2. The van der Waals surface area contributed by atoms with Gasteiger partial charge in [-0.15, -0.1) is 12.4 Å². The first-order valence-corrected chi connectivity index (χ1v) is 9.15. The van der Waals surface area contributed by atoms with Gasteiger partial charge in [-0.2, -0.15) is 13.2 Å². The summed E-state index contributed by atoms with van der Waals surface area (Å²) >= 11 is 0. The van der Waals surface area contributed by atoms with E-state index in [0.29, 0.717) is 39.0 Å². The van der Waals surface area contributed by atoms with Gasteiger partial charge in [0.15, 0.2) is 0 Å². The Hall–Kier alpha value is -1.80. The summed E-state index contributed by atoms with van der Waals surface area (Å²) in [4.78, 5) is 26.3. The van der Waals surface area contributed by atoms with E-state index in [9.17, 15) is 22.8 Å². The Morgan fingerprint density at radius 3 is 2.64 bits per heavy atom. The fourth-order valence-corrected chi connectivity index (χ4v) is 3.44. The molecular weight excluding hydrogens is 395 g/mol. The Balaban J connectivity index is 0.00000392. The summed E-state index contributed by atoms with van der Waals surface area (Å²) in [6, 6.07) is 5.34. The molecule has 1 heterocycles. The molecule has 0 spiro atoms. The van der Waals surface area contributed by atoms with E-state index in [4.69, 9.17) is 5.73 Å². The molecule has 0 radical (unpaired) electrons. The van der Waals surface area contributed by atoms with E-state index in [-0.39, 0.29) is 42.1 Å². The molecule has 28 heavy (non-hydrogen) atoms. The van der Waals surface area contributed by atoms with Crippen LogP contribution in [0.5, 0.6) is 0 Å². The van der Waals surface area contributed by atoms with E-state index < -0.39 is 17.7 Å². The van der Waals surface area contributed by atoms with E-state index in [1.165, 1.54) is 12.1 Å². The number of carbonyl (C=O) groups excluding carboxylic acids is 2. The van der Waals surface area contributed by atoms with Crippen LogP contribution >= 0.6 is 12.4 Å². The summed E-state index contributed by atoms with van der Waals surface area (Å²) in [5.41, 5.74) is 4.79. The maximum absolute atomic E-state index is 13.2. The van der Waals surface area contributed by atoms with Crippen LogP contribution in [0.3, 0.4) is 0 Å². The quantitative estimate of drug-likeness (QED) is 0.741. The highest BCUT2D eigenvalue weighted by Crippen LogP contribution is 2.36. The molecule has 3 N–H and O–H groups in total. The second kappa shape index (κ2) is 10.7. The first kappa shape index (κ1) is 24.2. The molecule has 2 unspecified atom stereocenters. The molecule has 9 heteroatoms. The topological polar surface area (TPSA) is 75.4 Å². The fraction of sp³-hybridized carbons (Fsp3) is 0.579. The van der Waals surface area contributed by atoms with Crippen molar-refractivity contribution in [2.45, 2.75) is 38.3 Å². The number of alkyl halides is 3. The van der Waals surface area contributed by atoms with Crippen LogP contribution < -0.4 is 11.1 Å². The van der Waals surface area contributed by atoms with E-state index in [0.717, 1.165) is 6.07 Å². The van der Waals surface area contributed by atoms with Crippen LogP contribution in [0, 0.1) is 5.92 Å². The van der Waals surface area contributed by atoms with Gasteiger partial charge in [0.05, 0.1) is 11.5 Å². The van der Waals surface area contributed by atoms with E-state index in [1.807, 2.05) is 0 Å². The summed E-state index contributed by atoms with van der Waals surface area (Å²) in [7, 11) is 0. The Morgan fingerprint density at radius 1 is 1.32 bits per heavy atom. The van der Waals surface area contributed by atoms with Gasteiger partial charge in [0.25, 0.3) is 0 Å². The van der Waals surface area contributed by atoms with Gasteiger partial charge in [-0.3, -0.25) is 9.59 Å². The molecule has 1 aliphatic rings. The van der Waals surface area contributed by atoms with Gasteiger partial charge >= 0.3 is 6.18 Å². The molecule has 2 atom stereocenters. The Labute approximate surface area is 169 Å². The lowest BCUT2D eigenvalue weighted by molar-refractivity contribution is -0.140. The number of nitrogens with two attached hydrogens (primary N) is 1. The smallest absolute Gasteiger partial charge is 0.355 e. The summed E-state index contributed by atoms with van der Waals surface area (Å²) in [5, 5.41) is 2.73. The summed E-state index contributed by atoms with van der Waals surface area (Å²) < 4.78 is 39.6. The SMILES string of the molecule is CC(CC(=O)N1CCCC(C(=O)NCCN)C1)c1ccccc1C(F)(F)F.Cl. The van der Waals surface area contributed by atoms with Crippen molar-refractivity contribution in [3.63, 3.8) is 0 Å². The van der Waals surface area contributed by atoms with Crippen molar-refractivity contribution in [1.82, 2.24) is 10.2 Å². The van der Waals surface area contributed by atoms with Crippen molar-refractivity contribution in [3.8, 4) is 0 Å². The predicted molar refractivity (Wildman–Crippen MR) is 103 cm³/mol. The minimum Gasteiger partial charge on any atom is -0.355 e. The molecule has 0 bridgehead atoms. The van der Waals surface area contributed by atoms with Crippen molar-refractivity contribution in [2.24, 2.45) is 11.7 Å². The number of likely N-dealkylation sites (tertiary alicyclic amines) is 1. The van der Waals surface area contributed by atoms with Crippen molar-refractivity contribution in [2.75, 3.05) is 26.2 Å². The zero-order valence-electron chi connectivity index (χ0n) is 15.8. The van der Waals surface area contributed by atoms with Crippen molar-refractivity contribution in [1.29, 1.82) is 0 Å². The van der Waals surface area contributed by atoms with Gasteiger partial charge in [0.2, 0.25) is 11.8 Å². The molecule has 158 valence electrons. The van der Waals surface area contributed by atoms with Gasteiger partial charge < -0.3 is 16.0 Å². The van der Waals surface area contributed by atoms with Crippen LogP contribution in [0.25, 0.3) is 0 Å². The van der Waals surface area contributed by atoms with Crippen molar-refractivity contribution in [3.05, 3.63) is 35.4 Å². The number of nitrogens with one attached hydrogen (secondary N) is 1. The van der Waals surface area contributed by atoms with Crippen LogP contribution in [0.4, 0.5) is 13.2 Å².